The van der Waals surface area contributed by atoms with Crippen LogP contribution in [0.3, 0.4) is 0 Å². The highest BCUT2D eigenvalue weighted by atomic mass is 35.5. The Morgan fingerprint density at radius 2 is 2.09 bits per heavy atom. The maximum atomic E-state index is 11.2. The van der Waals surface area contributed by atoms with Crippen molar-refractivity contribution in [3.05, 3.63) is 46.4 Å². The van der Waals surface area contributed by atoms with Crippen molar-refractivity contribution in [2.75, 3.05) is 11.9 Å². The molecule has 0 aliphatic carbocycles. The van der Waals surface area contributed by atoms with Gasteiger partial charge in [-0.05, 0) is 30.3 Å². The van der Waals surface area contributed by atoms with Crippen LogP contribution in [0.2, 0.25) is 10.0 Å². The average molecular weight is 337 g/mol. The molecular formula is C15H10Cl2N2O3. The second kappa shape index (κ2) is 5.96. The lowest BCUT2D eigenvalue weighted by molar-refractivity contribution is -0.118. The minimum Gasteiger partial charge on any atom is -0.436 e. The Labute approximate surface area is 135 Å². The van der Waals surface area contributed by atoms with Gasteiger partial charge in [0.05, 0.1) is 15.6 Å². The number of nitrogens with zero attached hydrogens (tertiary/aromatic N) is 1. The van der Waals surface area contributed by atoms with Gasteiger partial charge in [-0.1, -0.05) is 29.3 Å². The van der Waals surface area contributed by atoms with Gasteiger partial charge < -0.3 is 14.8 Å². The first-order valence-electron chi connectivity index (χ1n) is 6.34. The van der Waals surface area contributed by atoms with E-state index in [-0.39, 0.29) is 0 Å². The molecule has 0 saturated heterocycles. The molecule has 0 unspecified atom stereocenters. The largest absolute Gasteiger partial charge is 0.436 e. The van der Waals surface area contributed by atoms with Gasteiger partial charge in [-0.15, -0.1) is 0 Å². The van der Waals surface area contributed by atoms with E-state index in [9.17, 15) is 4.79 Å². The maximum absolute atomic E-state index is 11.2. The maximum Gasteiger partial charge on any atom is 0.250 e. The Morgan fingerprint density at radius 1 is 1.27 bits per heavy atom. The van der Waals surface area contributed by atoms with Crippen molar-refractivity contribution < 1.29 is 14.3 Å². The van der Waals surface area contributed by atoms with E-state index in [4.69, 9.17) is 32.7 Å². The quantitative estimate of drug-likeness (QED) is 0.764. The summed E-state index contributed by atoms with van der Waals surface area (Å²) >= 11 is 12.1. The average Bonchev–Trinajstić information content (AvgIpc) is 2.92. The van der Waals surface area contributed by atoms with Crippen LogP contribution in [0.25, 0.3) is 22.6 Å². The van der Waals surface area contributed by atoms with Crippen molar-refractivity contribution >= 4 is 45.9 Å². The van der Waals surface area contributed by atoms with Crippen molar-refractivity contribution in [1.82, 2.24) is 4.98 Å². The van der Waals surface area contributed by atoms with Gasteiger partial charge in [0.15, 0.2) is 5.58 Å². The lowest BCUT2D eigenvalue weighted by Crippen LogP contribution is -2.15. The van der Waals surface area contributed by atoms with Crippen LogP contribution >= 0.6 is 23.2 Å². The number of carbonyl (C=O) groups is 1. The van der Waals surface area contributed by atoms with E-state index in [1.807, 2.05) is 0 Å². The lowest BCUT2D eigenvalue weighted by Gasteiger charge is -2.01. The predicted molar refractivity (Wildman–Crippen MR) is 85.2 cm³/mol. The van der Waals surface area contributed by atoms with Crippen LogP contribution in [-0.2, 0) is 4.79 Å². The molecule has 2 aromatic carbocycles. The summed E-state index contributed by atoms with van der Waals surface area (Å²) in [5.74, 6) is -0.158. The molecule has 0 atom stereocenters. The minimum atomic E-state index is -0.583. The number of aliphatic hydroxyl groups excluding tert-OH is 1. The minimum absolute atomic E-state index is 0.341. The number of anilines is 1. The van der Waals surface area contributed by atoms with Crippen LogP contribution in [0.4, 0.5) is 5.69 Å². The van der Waals surface area contributed by atoms with Gasteiger partial charge in [0.25, 0.3) is 0 Å². The summed E-state index contributed by atoms with van der Waals surface area (Å²) in [6.07, 6.45) is 0. The Morgan fingerprint density at radius 3 is 2.86 bits per heavy atom. The normalized spacial score (nSPS) is 10.9. The van der Waals surface area contributed by atoms with E-state index in [0.29, 0.717) is 38.3 Å². The molecule has 0 aliphatic heterocycles. The molecule has 22 heavy (non-hydrogen) atoms. The molecule has 1 amide bonds. The zero-order valence-electron chi connectivity index (χ0n) is 11.1. The Hall–Kier alpha value is -2.08. The molecule has 7 heteroatoms. The summed E-state index contributed by atoms with van der Waals surface area (Å²) in [5.41, 5.74) is 2.21. The first-order valence-corrected chi connectivity index (χ1v) is 7.10. The van der Waals surface area contributed by atoms with Gasteiger partial charge in [-0.2, -0.15) is 0 Å². The van der Waals surface area contributed by atoms with E-state index in [2.05, 4.69) is 10.3 Å². The Kier molecular flexibility index (Phi) is 4.02. The van der Waals surface area contributed by atoms with Crippen molar-refractivity contribution in [2.24, 2.45) is 0 Å². The fourth-order valence-corrected chi connectivity index (χ4v) is 2.37. The summed E-state index contributed by atoms with van der Waals surface area (Å²) in [7, 11) is 0. The SMILES string of the molecule is O=C(CO)Nc1ccc2oc(-c3cccc(Cl)c3Cl)nc2c1. The molecule has 0 fully saturated rings. The second-order valence-electron chi connectivity index (χ2n) is 4.51. The predicted octanol–water partition coefficient (Wildman–Crippen LogP) is 3.73. The van der Waals surface area contributed by atoms with Crippen molar-refractivity contribution in [1.29, 1.82) is 0 Å². The first-order chi connectivity index (χ1) is 10.6. The molecule has 5 nitrogen and oxygen atoms in total. The van der Waals surface area contributed by atoms with Gasteiger partial charge in [0.2, 0.25) is 11.8 Å². The summed E-state index contributed by atoms with van der Waals surface area (Å²) < 4.78 is 5.66. The van der Waals surface area contributed by atoms with Gasteiger partial charge in [0.1, 0.15) is 12.1 Å². The van der Waals surface area contributed by atoms with Crippen molar-refractivity contribution in [3.63, 3.8) is 0 Å². The third-order valence-electron chi connectivity index (χ3n) is 3.00. The fourth-order valence-electron chi connectivity index (χ4n) is 1.99. The molecule has 0 saturated carbocycles. The smallest absolute Gasteiger partial charge is 0.250 e. The second-order valence-corrected chi connectivity index (χ2v) is 5.29. The number of hydrogen-bond acceptors (Lipinski definition) is 4. The topological polar surface area (TPSA) is 75.4 Å². The van der Waals surface area contributed by atoms with Crippen LogP contribution in [0, 0.1) is 0 Å². The van der Waals surface area contributed by atoms with Crippen LogP contribution in [0.5, 0.6) is 0 Å². The molecule has 0 spiro atoms. The van der Waals surface area contributed by atoms with E-state index >= 15 is 0 Å². The van der Waals surface area contributed by atoms with Gasteiger partial charge >= 0.3 is 0 Å². The highest BCUT2D eigenvalue weighted by Gasteiger charge is 2.14. The number of benzene rings is 2. The van der Waals surface area contributed by atoms with Crippen LogP contribution in [0.1, 0.15) is 0 Å². The lowest BCUT2D eigenvalue weighted by atomic mass is 10.2. The third-order valence-corrected chi connectivity index (χ3v) is 3.82. The number of fused-ring (bicyclic) bond motifs is 1. The number of aliphatic hydroxyl groups is 1. The molecule has 0 aliphatic rings. The van der Waals surface area contributed by atoms with Gasteiger partial charge in [-0.25, -0.2) is 4.98 Å². The number of carbonyl (C=O) groups excluding carboxylic acids is 1. The number of amides is 1. The zero-order valence-corrected chi connectivity index (χ0v) is 12.6. The highest BCUT2D eigenvalue weighted by molar-refractivity contribution is 6.43. The van der Waals surface area contributed by atoms with Gasteiger partial charge in [0, 0.05) is 5.69 Å². The van der Waals surface area contributed by atoms with E-state index in [1.54, 1.807) is 36.4 Å². The number of rotatable bonds is 3. The number of hydrogen-bond donors (Lipinski definition) is 2. The number of nitrogens with one attached hydrogen (secondary N) is 1. The van der Waals surface area contributed by atoms with E-state index < -0.39 is 12.5 Å². The van der Waals surface area contributed by atoms with E-state index in [1.165, 1.54) is 0 Å². The zero-order chi connectivity index (χ0) is 15.7. The number of halogens is 2. The molecule has 0 bridgehead atoms. The summed E-state index contributed by atoms with van der Waals surface area (Å²) in [5, 5.41) is 12.1. The molecule has 2 N–H and O–H groups in total. The highest BCUT2D eigenvalue weighted by Crippen LogP contribution is 2.34. The standard InChI is InChI=1S/C15H10Cl2N2O3/c16-10-3-1-2-9(14(10)17)15-19-11-6-8(18-13(21)7-20)4-5-12(11)22-15/h1-6,20H,7H2,(H,18,21). The summed E-state index contributed by atoms with van der Waals surface area (Å²) in [6, 6.07) is 10.2. The summed E-state index contributed by atoms with van der Waals surface area (Å²) in [6.45, 7) is -0.583. The first kappa shape index (κ1) is 14.8. The number of aromatic nitrogens is 1. The number of oxazole rings is 1. The molecule has 112 valence electrons. The molecule has 0 radical (unpaired) electrons. The molecule has 3 rings (SSSR count). The van der Waals surface area contributed by atoms with E-state index in [0.717, 1.165) is 0 Å². The third kappa shape index (κ3) is 2.78. The van der Waals surface area contributed by atoms with Crippen molar-refractivity contribution in [2.45, 2.75) is 0 Å². The van der Waals surface area contributed by atoms with Gasteiger partial charge in [-0.3, -0.25) is 4.79 Å². The summed E-state index contributed by atoms with van der Waals surface area (Å²) in [4.78, 5) is 15.5. The molecular weight excluding hydrogens is 327 g/mol. The molecule has 3 aromatic rings. The van der Waals surface area contributed by atoms with Crippen LogP contribution in [-0.4, -0.2) is 22.6 Å². The van der Waals surface area contributed by atoms with Crippen LogP contribution < -0.4 is 5.32 Å². The Balaban J connectivity index is 2.03. The fraction of sp³-hybridized carbons (Fsp3) is 0.0667. The monoisotopic (exact) mass is 336 g/mol. The molecule has 1 heterocycles. The van der Waals surface area contributed by atoms with Crippen LogP contribution in [0.15, 0.2) is 40.8 Å². The molecule has 1 aromatic heterocycles. The Bertz CT molecular complexity index is 861. The van der Waals surface area contributed by atoms with Crippen molar-refractivity contribution in [3.8, 4) is 11.5 Å².